The highest BCUT2D eigenvalue weighted by molar-refractivity contribution is 6.01. The van der Waals surface area contributed by atoms with Gasteiger partial charge in [0, 0.05) is 43.2 Å². The molecular weight excluding hydrogens is 396 g/mol. The molecule has 2 aromatic rings. The number of nitriles is 1. The maximum atomic E-state index is 13.5. The molecule has 1 atom stereocenters. The Kier molecular flexibility index (Phi) is 5.34. The molecule has 0 amide bonds. The summed E-state index contributed by atoms with van der Waals surface area (Å²) in [6, 6.07) is 18.4. The Morgan fingerprint density at radius 3 is 2.41 bits per heavy atom. The summed E-state index contributed by atoms with van der Waals surface area (Å²) in [6.45, 7) is 6.26. The number of carbonyl (C=O) groups is 1. The smallest absolute Gasteiger partial charge is 0.162 e. The summed E-state index contributed by atoms with van der Waals surface area (Å²) in [6.07, 6.45) is 1.17. The summed E-state index contributed by atoms with van der Waals surface area (Å²) in [5.41, 5.74) is 12.5. The zero-order valence-electron chi connectivity index (χ0n) is 19.4. The van der Waals surface area contributed by atoms with E-state index in [0.717, 1.165) is 28.2 Å². The number of Topliss-reactive ketones (excluding diaryl/α,β-unsaturated/α-hetero) is 1. The van der Waals surface area contributed by atoms with Crippen LogP contribution >= 0.6 is 0 Å². The molecule has 2 N–H and O–H groups in total. The van der Waals surface area contributed by atoms with Crippen molar-refractivity contribution in [3.8, 4) is 6.07 Å². The zero-order chi connectivity index (χ0) is 23.2. The molecule has 1 unspecified atom stereocenters. The van der Waals surface area contributed by atoms with Gasteiger partial charge in [0.2, 0.25) is 0 Å². The first-order valence-corrected chi connectivity index (χ1v) is 10.9. The molecule has 0 saturated carbocycles. The Bertz CT molecular complexity index is 1180. The number of hydrogen-bond acceptors (Lipinski definition) is 5. The second kappa shape index (κ2) is 7.87. The fourth-order valence-electron chi connectivity index (χ4n) is 4.87. The van der Waals surface area contributed by atoms with Crippen molar-refractivity contribution in [1.29, 1.82) is 5.26 Å². The van der Waals surface area contributed by atoms with E-state index in [1.54, 1.807) is 0 Å². The standard InChI is InChI=1S/C27H30N4O/c1-17-7-6-8-20(13-17)31-22-14-27(2,3)15-23(32)25(22)24(21(16-28)26(31)29)18-9-11-19(12-10-18)30(4)5/h6-13,24H,14-15,29H2,1-5H3. The van der Waals surface area contributed by atoms with Crippen molar-refractivity contribution in [1.82, 2.24) is 0 Å². The third kappa shape index (κ3) is 3.67. The first kappa shape index (κ1) is 21.7. The number of hydrogen-bond donors (Lipinski definition) is 1. The Balaban J connectivity index is 1.96. The van der Waals surface area contributed by atoms with Crippen LogP contribution in [0.3, 0.4) is 0 Å². The lowest BCUT2D eigenvalue weighted by molar-refractivity contribution is -0.118. The molecule has 0 radical (unpaired) electrons. The van der Waals surface area contributed by atoms with Gasteiger partial charge in [-0.25, -0.2) is 0 Å². The normalized spacial score (nSPS) is 20.2. The monoisotopic (exact) mass is 426 g/mol. The molecule has 5 heteroatoms. The molecule has 4 rings (SSSR count). The minimum Gasteiger partial charge on any atom is -0.384 e. The topological polar surface area (TPSA) is 73.4 Å². The first-order chi connectivity index (χ1) is 15.1. The minimum absolute atomic E-state index is 0.0934. The molecule has 32 heavy (non-hydrogen) atoms. The Morgan fingerprint density at radius 1 is 1.12 bits per heavy atom. The lowest BCUT2D eigenvalue weighted by Gasteiger charge is -2.43. The van der Waals surface area contributed by atoms with Crippen molar-refractivity contribution < 1.29 is 4.79 Å². The number of carbonyl (C=O) groups excluding carboxylic acids is 1. The van der Waals surface area contributed by atoms with Gasteiger partial charge in [-0.05, 0) is 54.2 Å². The predicted molar refractivity (Wildman–Crippen MR) is 129 cm³/mol. The van der Waals surface area contributed by atoms with Crippen LogP contribution < -0.4 is 15.5 Å². The van der Waals surface area contributed by atoms with Gasteiger partial charge in [-0.2, -0.15) is 5.26 Å². The number of nitrogens with two attached hydrogens (primary N) is 1. The maximum Gasteiger partial charge on any atom is 0.162 e. The summed E-state index contributed by atoms with van der Waals surface area (Å²) in [7, 11) is 3.97. The lowest BCUT2D eigenvalue weighted by Crippen LogP contribution is -2.42. The zero-order valence-corrected chi connectivity index (χ0v) is 19.4. The van der Waals surface area contributed by atoms with Crippen LogP contribution in [0.2, 0.25) is 0 Å². The molecule has 0 aromatic heterocycles. The molecule has 1 heterocycles. The van der Waals surface area contributed by atoms with Crippen molar-refractivity contribution in [2.24, 2.45) is 11.1 Å². The molecule has 0 fully saturated rings. The molecule has 2 aliphatic rings. The molecule has 1 aliphatic carbocycles. The number of aryl methyl sites for hydroxylation is 1. The Hall–Kier alpha value is -3.52. The molecular formula is C27H30N4O. The van der Waals surface area contributed by atoms with Gasteiger partial charge >= 0.3 is 0 Å². The molecule has 0 spiro atoms. The van der Waals surface area contributed by atoms with E-state index in [1.807, 2.05) is 79.3 Å². The van der Waals surface area contributed by atoms with E-state index in [-0.39, 0.29) is 11.2 Å². The van der Waals surface area contributed by atoms with E-state index in [2.05, 4.69) is 19.9 Å². The molecule has 5 nitrogen and oxygen atoms in total. The SMILES string of the molecule is Cc1cccc(N2C(N)=C(C#N)C(c3ccc(N(C)C)cc3)C3=C2CC(C)(C)CC3=O)c1. The summed E-state index contributed by atoms with van der Waals surface area (Å²) >= 11 is 0. The van der Waals surface area contributed by atoms with Gasteiger partial charge in [0.05, 0.1) is 17.6 Å². The van der Waals surface area contributed by atoms with Crippen LogP contribution in [0, 0.1) is 23.7 Å². The highest BCUT2D eigenvalue weighted by atomic mass is 16.1. The Labute approximate surface area is 190 Å². The average molecular weight is 427 g/mol. The number of benzene rings is 2. The second-order valence-corrected chi connectivity index (χ2v) is 9.81. The average Bonchev–Trinajstić information content (AvgIpc) is 2.72. The molecule has 2 aromatic carbocycles. The van der Waals surface area contributed by atoms with Gasteiger partial charge in [-0.15, -0.1) is 0 Å². The van der Waals surface area contributed by atoms with Crippen molar-refractivity contribution in [3.63, 3.8) is 0 Å². The fourth-order valence-corrected chi connectivity index (χ4v) is 4.87. The lowest BCUT2D eigenvalue weighted by atomic mass is 9.68. The maximum absolute atomic E-state index is 13.5. The minimum atomic E-state index is -0.448. The summed E-state index contributed by atoms with van der Waals surface area (Å²) in [4.78, 5) is 17.5. The van der Waals surface area contributed by atoms with Gasteiger partial charge < -0.3 is 10.6 Å². The summed E-state index contributed by atoms with van der Waals surface area (Å²) in [5, 5.41) is 10.2. The molecule has 164 valence electrons. The first-order valence-electron chi connectivity index (χ1n) is 10.9. The van der Waals surface area contributed by atoms with Crippen LogP contribution in [-0.2, 0) is 4.79 Å². The van der Waals surface area contributed by atoms with E-state index in [9.17, 15) is 10.1 Å². The predicted octanol–water partition coefficient (Wildman–Crippen LogP) is 5.00. The van der Waals surface area contributed by atoms with E-state index in [0.29, 0.717) is 29.8 Å². The highest BCUT2D eigenvalue weighted by Gasteiger charge is 2.44. The van der Waals surface area contributed by atoms with Gasteiger partial charge in [-0.3, -0.25) is 9.69 Å². The second-order valence-electron chi connectivity index (χ2n) is 9.81. The number of rotatable bonds is 3. The fraction of sp³-hybridized carbons (Fsp3) is 0.333. The van der Waals surface area contributed by atoms with Crippen LogP contribution in [0.25, 0.3) is 0 Å². The van der Waals surface area contributed by atoms with Crippen molar-refractivity contribution in [3.05, 3.63) is 82.3 Å². The van der Waals surface area contributed by atoms with Crippen molar-refractivity contribution in [2.45, 2.75) is 39.5 Å². The molecule has 0 saturated heterocycles. The van der Waals surface area contributed by atoms with E-state index in [4.69, 9.17) is 5.73 Å². The largest absolute Gasteiger partial charge is 0.384 e. The quantitative estimate of drug-likeness (QED) is 0.747. The van der Waals surface area contributed by atoms with E-state index < -0.39 is 5.92 Å². The third-order valence-corrected chi connectivity index (χ3v) is 6.38. The highest BCUT2D eigenvalue weighted by Crippen LogP contribution is 2.50. The van der Waals surface area contributed by atoms with Gasteiger partial charge in [0.25, 0.3) is 0 Å². The van der Waals surface area contributed by atoms with Crippen molar-refractivity contribution in [2.75, 3.05) is 23.9 Å². The molecule has 0 bridgehead atoms. The Morgan fingerprint density at radius 2 is 1.81 bits per heavy atom. The number of ketones is 1. The number of nitrogens with zero attached hydrogens (tertiary/aromatic N) is 3. The van der Waals surface area contributed by atoms with Crippen LogP contribution in [0.4, 0.5) is 11.4 Å². The van der Waals surface area contributed by atoms with Crippen LogP contribution in [-0.4, -0.2) is 19.9 Å². The summed E-state index contributed by atoms with van der Waals surface area (Å²) in [5.74, 6) is 0.0516. The van der Waals surface area contributed by atoms with Gasteiger partial charge in [0.15, 0.2) is 5.78 Å². The van der Waals surface area contributed by atoms with E-state index >= 15 is 0 Å². The third-order valence-electron chi connectivity index (χ3n) is 6.38. The van der Waals surface area contributed by atoms with Crippen LogP contribution in [0.15, 0.2) is 71.2 Å². The van der Waals surface area contributed by atoms with Gasteiger partial charge in [-0.1, -0.05) is 38.1 Å². The summed E-state index contributed by atoms with van der Waals surface area (Å²) < 4.78 is 0. The van der Waals surface area contributed by atoms with Crippen LogP contribution in [0.1, 0.15) is 43.7 Å². The van der Waals surface area contributed by atoms with E-state index in [1.165, 1.54) is 0 Å². The van der Waals surface area contributed by atoms with Crippen molar-refractivity contribution >= 4 is 17.2 Å². The molecule has 1 aliphatic heterocycles. The van der Waals surface area contributed by atoms with Crippen LogP contribution in [0.5, 0.6) is 0 Å². The van der Waals surface area contributed by atoms with Gasteiger partial charge in [0.1, 0.15) is 5.82 Å². The number of allylic oxidation sites excluding steroid dienone is 3. The number of anilines is 2.